The molecule has 0 bridgehead atoms. The van der Waals surface area contributed by atoms with E-state index in [0.29, 0.717) is 0 Å². The number of hydrogen-bond donors (Lipinski definition) is 1. The molecule has 1 N–H and O–H groups in total. The molecule has 2 aromatic rings. The smallest absolute Gasteiger partial charge is 0.133 e. The van der Waals surface area contributed by atoms with Crippen molar-refractivity contribution in [2.75, 3.05) is 12.0 Å². The van der Waals surface area contributed by atoms with Gasteiger partial charge in [-0.15, -0.1) is 10.2 Å². The van der Waals surface area contributed by atoms with E-state index in [9.17, 15) is 0 Å². The maximum absolute atomic E-state index is 4.20. The molecular weight excluding hydrogens is 178 g/mol. The standard InChI is InChI=1S/C9H11N5/c1-2-11-14-12-7-9(13-14)8-5-3-4-6-10-8/h3-7,11H,2H2,1H3. The Labute approximate surface area is 81.8 Å². The van der Waals surface area contributed by atoms with Crippen molar-refractivity contribution in [1.82, 2.24) is 20.1 Å². The lowest BCUT2D eigenvalue weighted by Gasteiger charge is -1.97. The quantitative estimate of drug-likeness (QED) is 0.779. The second kappa shape index (κ2) is 3.87. The average molecular weight is 189 g/mol. The van der Waals surface area contributed by atoms with Crippen molar-refractivity contribution < 1.29 is 0 Å². The fraction of sp³-hybridized carbons (Fsp3) is 0.222. The molecule has 72 valence electrons. The van der Waals surface area contributed by atoms with Gasteiger partial charge in [-0.3, -0.25) is 10.4 Å². The Morgan fingerprint density at radius 1 is 1.36 bits per heavy atom. The highest BCUT2D eigenvalue weighted by Crippen LogP contribution is 2.10. The normalized spacial score (nSPS) is 10.1. The third-order valence-corrected chi connectivity index (χ3v) is 1.72. The van der Waals surface area contributed by atoms with Crippen LogP contribution in [0.25, 0.3) is 11.4 Å². The molecule has 14 heavy (non-hydrogen) atoms. The predicted octanol–water partition coefficient (Wildman–Crippen LogP) is 0.903. The molecule has 0 saturated carbocycles. The SMILES string of the molecule is CCNn1ncc(-c2ccccn2)n1. The fourth-order valence-electron chi connectivity index (χ4n) is 1.11. The first-order chi connectivity index (χ1) is 6.90. The van der Waals surface area contributed by atoms with E-state index in [1.165, 1.54) is 4.91 Å². The van der Waals surface area contributed by atoms with Gasteiger partial charge < -0.3 is 0 Å². The van der Waals surface area contributed by atoms with Gasteiger partial charge in [0.15, 0.2) is 0 Å². The Morgan fingerprint density at radius 3 is 3.00 bits per heavy atom. The van der Waals surface area contributed by atoms with Gasteiger partial charge in [-0.2, -0.15) is 0 Å². The van der Waals surface area contributed by atoms with Gasteiger partial charge in [-0.25, -0.2) is 0 Å². The maximum Gasteiger partial charge on any atom is 0.133 e. The minimum Gasteiger partial charge on any atom is -0.293 e. The molecule has 0 aromatic carbocycles. The second-order valence-corrected chi connectivity index (χ2v) is 2.75. The molecule has 0 radical (unpaired) electrons. The molecule has 0 saturated heterocycles. The summed E-state index contributed by atoms with van der Waals surface area (Å²) in [6.45, 7) is 2.78. The lowest BCUT2D eigenvalue weighted by Crippen LogP contribution is -2.16. The van der Waals surface area contributed by atoms with Crippen molar-refractivity contribution in [3.05, 3.63) is 30.6 Å². The van der Waals surface area contributed by atoms with Gasteiger partial charge >= 0.3 is 0 Å². The molecule has 5 heteroatoms. The van der Waals surface area contributed by atoms with Gasteiger partial charge in [-0.1, -0.05) is 11.0 Å². The van der Waals surface area contributed by atoms with Crippen molar-refractivity contribution >= 4 is 0 Å². The van der Waals surface area contributed by atoms with Gasteiger partial charge in [-0.05, 0) is 19.1 Å². The van der Waals surface area contributed by atoms with Crippen molar-refractivity contribution in [2.45, 2.75) is 6.92 Å². The molecule has 2 rings (SSSR count). The summed E-state index contributed by atoms with van der Waals surface area (Å²) in [6, 6.07) is 5.70. The molecule has 0 amide bonds. The van der Waals surface area contributed by atoms with E-state index in [0.717, 1.165) is 17.9 Å². The molecule has 0 aliphatic heterocycles. The van der Waals surface area contributed by atoms with Crippen molar-refractivity contribution in [2.24, 2.45) is 0 Å². The number of nitrogens with one attached hydrogen (secondary N) is 1. The third kappa shape index (κ3) is 1.71. The van der Waals surface area contributed by atoms with Crippen LogP contribution in [0, 0.1) is 0 Å². The van der Waals surface area contributed by atoms with Crippen LogP contribution in [-0.2, 0) is 0 Å². The van der Waals surface area contributed by atoms with E-state index < -0.39 is 0 Å². The molecule has 0 atom stereocenters. The van der Waals surface area contributed by atoms with Crippen molar-refractivity contribution in [1.29, 1.82) is 0 Å². The van der Waals surface area contributed by atoms with Crippen LogP contribution < -0.4 is 5.43 Å². The van der Waals surface area contributed by atoms with Crippen molar-refractivity contribution in [3.8, 4) is 11.4 Å². The molecule has 0 aliphatic carbocycles. The molecular formula is C9H11N5. The summed E-state index contributed by atoms with van der Waals surface area (Å²) in [4.78, 5) is 5.63. The zero-order chi connectivity index (χ0) is 9.80. The van der Waals surface area contributed by atoms with Crippen LogP contribution in [0.4, 0.5) is 0 Å². The zero-order valence-electron chi connectivity index (χ0n) is 7.88. The first-order valence-corrected chi connectivity index (χ1v) is 4.48. The largest absolute Gasteiger partial charge is 0.293 e. The Kier molecular flexibility index (Phi) is 2.40. The highest BCUT2D eigenvalue weighted by molar-refractivity contribution is 5.51. The molecule has 5 nitrogen and oxygen atoms in total. The molecule has 0 unspecified atom stereocenters. The van der Waals surface area contributed by atoms with E-state index in [4.69, 9.17) is 0 Å². The van der Waals surface area contributed by atoms with Gasteiger partial charge in [0, 0.05) is 12.7 Å². The summed E-state index contributed by atoms with van der Waals surface area (Å²) in [7, 11) is 0. The van der Waals surface area contributed by atoms with Crippen LogP contribution >= 0.6 is 0 Å². The number of aromatic nitrogens is 4. The molecule has 0 fully saturated rings. The summed E-state index contributed by atoms with van der Waals surface area (Å²) in [5.74, 6) is 0. The highest BCUT2D eigenvalue weighted by Gasteiger charge is 2.02. The molecule has 2 aromatic heterocycles. The zero-order valence-corrected chi connectivity index (χ0v) is 7.88. The Hall–Kier alpha value is -1.91. The van der Waals surface area contributed by atoms with E-state index >= 15 is 0 Å². The maximum atomic E-state index is 4.20. The van der Waals surface area contributed by atoms with Crippen LogP contribution in [0.3, 0.4) is 0 Å². The second-order valence-electron chi connectivity index (χ2n) is 2.75. The molecule has 2 heterocycles. The van der Waals surface area contributed by atoms with Crippen LogP contribution in [0.5, 0.6) is 0 Å². The van der Waals surface area contributed by atoms with Crippen molar-refractivity contribution in [3.63, 3.8) is 0 Å². The summed E-state index contributed by atoms with van der Waals surface area (Å²) < 4.78 is 0. The lowest BCUT2D eigenvalue weighted by molar-refractivity contribution is 0.647. The van der Waals surface area contributed by atoms with Crippen LogP contribution in [0.1, 0.15) is 6.92 Å². The fourth-order valence-corrected chi connectivity index (χ4v) is 1.11. The summed E-state index contributed by atoms with van der Waals surface area (Å²) in [5, 5.41) is 8.24. The van der Waals surface area contributed by atoms with Crippen LogP contribution in [0.2, 0.25) is 0 Å². The number of nitrogens with zero attached hydrogens (tertiary/aromatic N) is 4. The number of pyridine rings is 1. The predicted molar refractivity (Wildman–Crippen MR) is 53.2 cm³/mol. The monoisotopic (exact) mass is 189 g/mol. The average Bonchev–Trinajstić information content (AvgIpc) is 2.68. The molecule has 0 spiro atoms. The van der Waals surface area contributed by atoms with Crippen LogP contribution in [-0.4, -0.2) is 26.6 Å². The lowest BCUT2D eigenvalue weighted by atomic mass is 10.3. The summed E-state index contributed by atoms with van der Waals surface area (Å²) in [5.41, 5.74) is 4.56. The van der Waals surface area contributed by atoms with E-state index in [2.05, 4.69) is 20.6 Å². The topological polar surface area (TPSA) is 55.6 Å². The Bertz CT molecular complexity index is 395. The Morgan fingerprint density at radius 2 is 2.29 bits per heavy atom. The highest BCUT2D eigenvalue weighted by atomic mass is 15.7. The van der Waals surface area contributed by atoms with Gasteiger partial charge in [0.1, 0.15) is 5.69 Å². The number of rotatable bonds is 3. The summed E-state index contributed by atoms with van der Waals surface area (Å²) >= 11 is 0. The minimum absolute atomic E-state index is 0.770. The van der Waals surface area contributed by atoms with Gasteiger partial charge in [0.2, 0.25) is 0 Å². The van der Waals surface area contributed by atoms with Gasteiger partial charge in [0.25, 0.3) is 0 Å². The first-order valence-electron chi connectivity index (χ1n) is 4.48. The molecule has 0 aliphatic rings. The summed E-state index contributed by atoms with van der Waals surface area (Å²) in [6.07, 6.45) is 3.42. The Balaban J connectivity index is 2.25. The van der Waals surface area contributed by atoms with Crippen LogP contribution in [0.15, 0.2) is 30.6 Å². The first kappa shape index (κ1) is 8.68. The minimum atomic E-state index is 0.770. The van der Waals surface area contributed by atoms with E-state index in [1.807, 2.05) is 25.1 Å². The van der Waals surface area contributed by atoms with Gasteiger partial charge in [0.05, 0.1) is 11.9 Å². The van der Waals surface area contributed by atoms with E-state index in [-0.39, 0.29) is 0 Å². The third-order valence-electron chi connectivity index (χ3n) is 1.72. The number of hydrogen-bond acceptors (Lipinski definition) is 4. The van der Waals surface area contributed by atoms with E-state index in [1.54, 1.807) is 12.4 Å².